The average Bonchev–Trinajstić information content (AvgIpc) is 2.56. The highest BCUT2D eigenvalue weighted by Crippen LogP contribution is 2.34. The zero-order valence-electron chi connectivity index (χ0n) is 8.80. The summed E-state index contributed by atoms with van der Waals surface area (Å²) in [6.07, 6.45) is 1.90. The summed E-state index contributed by atoms with van der Waals surface area (Å²) in [5, 5.41) is 12.8. The van der Waals surface area contributed by atoms with Crippen LogP contribution in [0, 0.1) is 6.92 Å². The lowest BCUT2D eigenvalue weighted by Crippen LogP contribution is -2.39. The van der Waals surface area contributed by atoms with E-state index in [1.54, 1.807) is 0 Å². The van der Waals surface area contributed by atoms with Crippen LogP contribution in [0.5, 0.6) is 0 Å². The summed E-state index contributed by atoms with van der Waals surface area (Å²) in [7, 11) is 0. The molecule has 0 saturated heterocycles. The summed E-state index contributed by atoms with van der Waals surface area (Å²) >= 11 is 0. The van der Waals surface area contributed by atoms with Crippen LogP contribution >= 0.6 is 0 Å². The molecule has 0 spiro atoms. The maximum atomic E-state index is 9.40. The number of fused-ring (bicyclic) bond motifs is 1. The number of aryl methyl sites for hydroxylation is 1. The van der Waals surface area contributed by atoms with Gasteiger partial charge in [0.05, 0.1) is 12.1 Å². The van der Waals surface area contributed by atoms with Crippen LogP contribution in [0.25, 0.3) is 0 Å². The SMILES string of the molecule is CCC1(CO)Cc2cc(C)ccc2N1. The Labute approximate surface area is 85.0 Å². The highest BCUT2D eigenvalue weighted by atomic mass is 16.3. The standard InChI is InChI=1S/C12H17NO/c1-3-12(8-14)7-10-6-9(2)4-5-11(10)13-12/h4-6,13-14H,3,7-8H2,1-2H3. The van der Waals surface area contributed by atoms with Gasteiger partial charge in [0.15, 0.2) is 0 Å². The minimum Gasteiger partial charge on any atom is -0.394 e. The molecule has 0 saturated carbocycles. The van der Waals surface area contributed by atoms with Crippen LogP contribution < -0.4 is 5.32 Å². The fraction of sp³-hybridized carbons (Fsp3) is 0.500. The van der Waals surface area contributed by atoms with E-state index in [2.05, 4.69) is 37.4 Å². The summed E-state index contributed by atoms with van der Waals surface area (Å²) in [6, 6.07) is 6.42. The van der Waals surface area contributed by atoms with Gasteiger partial charge in [-0.15, -0.1) is 0 Å². The average molecular weight is 191 g/mol. The second kappa shape index (κ2) is 3.28. The van der Waals surface area contributed by atoms with Gasteiger partial charge >= 0.3 is 0 Å². The molecule has 1 aromatic carbocycles. The van der Waals surface area contributed by atoms with Crippen LogP contribution in [0.3, 0.4) is 0 Å². The van der Waals surface area contributed by atoms with Crippen molar-refractivity contribution in [2.45, 2.75) is 32.2 Å². The zero-order chi connectivity index (χ0) is 10.2. The van der Waals surface area contributed by atoms with Crippen molar-refractivity contribution in [3.63, 3.8) is 0 Å². The fourth-order valence-corrected chi connectivity index (χ4v) is 2.11. The molecular formula is C12H17NO. The smallest absolute Gasteiger partial charge is 0.0664 e. The Morgan fingerprint density at radius 2 is 2.29 bits per heavy atom. The molecule has 0 bridgehead atoms. The van der Waals surface area contributed by atoms with E-state index in [9.17, 15) is 5.11 Å². The third-order valence-electron chi connectivity index (χ3n) is 3.17. The highest BCUT2D eigenvalue weighted by molar-refractivity contribution is 5.60. The number of hydrogen-bond acceptors (Lipinski definition) is 2. The molecule has 76 valence electrons. The third-order valence-corrected chi connectivity index (χ3v) is 3.17. The maximum absolute atomic E-state index is 9.40. The lowest BCUT2D eigenvalue weighted by molar-refractivity contribution is 0.211. The maximum Gasteiger partial charge on any atom is 0.0664 e. The molecule has 2 N–H and O–H groups in total. The minimum atomic E-state index is -0.115. The second-order valence-electron chi connectivity index (χ2n) is 4.25. The van der Waals surface area contributed by atoms with Gasteiger partial charge in [0.1, 0.15) is 0 Å². The van der Waals surface area contributed by atoms with Gasteiger partial charge in [-0.2, -0.15) is 0 Å². The van der Waals surface area contributed by atoms with Crippen molar-refractivity contribution in [3.8, 4) is 0 Å². The van der Waals surface area contributed by atoms with Crippen molar-refractivity contribution < 1.29 is 5.11 Å². The third kappa shape index (κ3) is 1.40. The van der Waals surface area contributed by atoms with Crippen LogP contribution in [0.15, 0.2) is 18.2 Å². The summed E-state index contributed by atoms with van der Waals surface area (Å²) in [5.74, 6) is 0. The van der Waals surface area contributed by atoms with Gasteiger partial charge in [0, 0.05) is 5.69 Å². The molecule has 14 heavy (non-hydrogen) atoms. The van der Waals surface area contributed by atoms with Crippen LogP contribution in [0.2, 0.25) is 0 Å². The first-order valence-electron chi connectivity index (χ1n) is 5.18. The first kappa shape index (κ1) is 9.53. The van der Waals surface area contributed by atoms with Gasteiger partial charge in [-0.1, -0.05) is 24.6 Å². The van der Waals surface area contributed by atoms with Crippen molar-refractivity contribution in [2.24, 2.45) is 0 Å². The molecule has 2 nitrogen and oxygen atoms in total. The highest BCUT2D eigenvalue weighted by Gasteiger charge is 2.34. The molecule has 0 radical (unpaired) electrons. The summed E-state index contributed by atoms with van der Waals surface area (Å²) in [6.45, 7) is 4.42. The van der Waals surface area contributed by atoms with E-state index in [4.69, 9.17) is 0 Å². The van der Waals surface area contributed by atoms with Gasteiger partial charge < -0.3 is 10.4 Å². The second-order valence-corrected chi connectivity index (χ2v) is 4.25. The Morgan fingerprint density at radius 3 is 2.93 bits per heavy atom. The molecule has 1 aromatic rings. The van der Waals surface area contributed by atoms with E-state index >= 15 is 0 Å². The van der Waals surface area contributed by atoms with Crippen LogP contribution in [-0.4, -0.2) is 17.3 Å². The van der Waals surface area contributed by atoms with Gasteiger partial charge in [-0.25, -0.2) is 0 Å². The Morgan fingerprint density at radius 1 is 1.50 bits per heavy atom. The van der Waals surface area contributed by atoms with Crippen LogP contribution in [0.1, 0.15) is 24.5 Å². The molecule has 2 rings (SSSR count). The molecule has 1 heterocycles. The zero-order valence-corrected chi connectivity index (χ0v) is 8.80. The number of anilines is 1. The quantitative estimate of drug-likeness (QED) is 0.750. The van der Waals surface area contributed by atoms with Crippen LogP contribution in [0.4, 0.5) is 5.69 Å². The number of hydrogen-bond donors (Lipinski definition) is 2. The van der Waals surface area contributed by atoms with Crippen molar-refractivity contribution in [1.82, 2.24) is 0 Å². The molecular weight excluding hydrogens is 174 g/mol. The minimum absolute atomic E-state index is 0.115. The topological polar surface area (TPSA) is 32.3 Å². The van der Waals surface area contributed by atoms with E-state index in [-0.39, 0.29) is 12.1 Å². The Kier molecular flexibility index (Phi) is 2.23. The summed E-state index contributed by atoms with van der Waals surface area (Å²) < 4.78 is 0. The van der Waals surface area contributed by atoms with Crippen molar-refractivity contribution in [2.75, 3.05) is 11.9 Å². The Bertz CT molecular complexity index is 342. The van der Waals surface area contributed by atoms with Gasteiger partial charge in [-0.05, 0) is 31.4 Å². The number of aliphatic hydroxyl groups excluding tert-OH is 1. The van der Waals surface area contributed by atoms with Crippen molar-refractivity contribution in [3.05, 3.63) is 29.3 Å². The van der Waals surface area contributed by atoms with Gasteiger partial charge in [0.2, 0.25) is 0 Å². The predicted octanol–water partition coefficient (Wildman–Crippen LogP) is 2.10. The normalized spacial score (nSPS) is 24.5. The largest absolute Gasteiger partial charge is 0.394 e. The summed E-state index contributed by atoms with van der Waals surface area (Å²) in [5.41, 5.74) is 3.69. The number of benzene rings is 1. The Balaban J connectivity index is 2.33. The van der Waals surface area contributed by atoms with E-state index < -0.39 is 0 Å². The van der Waals surface area contributed by atoms with Crippen molar-refractivity contribution in [1.29, 1.82) is 0 Å². The monoisotopic (exact) mass is 191 g/mol. The van der Waals surface area contributed by atoms with Gasteiger partial charge in [-0.3, -0.25) is 0 Å². The van der Waals surface area contributed by atoms with E-state index in [1.165, 1.54) is 16.8 Å². The van der Waals surface area contributed by atoms with Crippen LogP contribution in [-0.2, 0) is 6.42 Å². The fourth-order valence-electron chi connectivity index (χ4n) is 2.11. The lowest BCUT2D eigenvalue weighted by Gasteiger charge is -2.25. The van der Waals surface area contributed by atoms with Crippen molar-refractivity contribution >= 4 is 5.69 Å². The molecule has 0 aromatic heterocycles. The molecule has 0 fully saturated rings. The Hall–Kier alpha value is -1.02. The van der Waals surface area contributed by atoms with E-state index in [1.807, 2.05) is 0 Å². The molecule has 1 aliphatic heterocycles. The molecule has 2 heteroatoms. The summed E-state index contributed by atoms with van der Waals surface area (Å²) in [4.78, 5) is 0. The molecule has 1 unspecified atom stereocenters. The molecule has 0 amide bonds. The number of aliphatic hydroxyl groups is 1. The first-order chi connectivity index (χ1) is 6.69. The molecule has 1 aliphatic rings. The van der Waals surface area contributed by atoms with Gasteiger partial charge in [0.25, 0.3) is 0 Å². The number of nitrogens with one attached hydrogen (secondary N) is 1. The number of rotatable bonds is 2. The first-order valence-corrected chi connectivity index (χ1v) is 5.18. The predicted molar refractivity (Wildman–Crippen MR) is 58.6 cm³/mol. The molecule has 1 atom stereocenters. The van der Waals surface area contributed by atoms with E-state index in [0.717, 1.165) is 12.8 Å². The lowest BCUT2D eigenvalue weighted by atomic mass is 9.93. The van der Waals surface area contributed by atoms with E-state index in [0.29, 0.717) is 0 Å². The molecule has 0 aliphatic carbocycles.